The van der Waals surface area contributed by atoms with E-state index in [0.717, 1.165) is 17.9 Å². The molecule has 0 saturated carbocycles. The Kier molecular flexibility index (Phi) is 3.33. The minimum Gasteiger partial charge on any atom is -0.322 e. The van der Waals surface area contributed by atoms with Gasteiger partial charge < -0.3 is 4.57 Å². The first kappa shape index (κ1) is 12.7. The predicted molar refractivity (Wildman–Crippen MR) is 82.2 cm³/mol. The molecule has 2 aromatic heterocycles. The van der Waals surface area contributed by atoms with Gasteiger partial charge in [0.15, 0.2) is 0 Å². The van der Waals surface area contributed by atoms with Gasteiger partial charge in [0.25, 0.3) is 0 Å². The molecule has 0 unspecified atom stereocenters. The van der Waals surface area contributed by atoms with Gasteiger partial charge in [-0.1, -0.05) is 6.07 Å². The van der Waals surface area contributed by atoms with E-state index >= 15 is 0 Å². The number of hydrogen-bond donors (Lipinski definition) is 0. The highest BCUT2D eigenvalue weighted by Gasteiger charge is 2.11. The van der Waals surface area contributed by atoms with Crippen molar-refractivity contribution in [3.05, 3.63) is 51.5 Å². The quantitative estimate of drug-likeness (QED) is 0.649. The van der Waals surface area contributed by atoms with Gasteiger partial charge in [-0.15, -0.1) is 11.6 Å². The molecule has 2 nitrogen and oxygen atoms in total. The second-order valence-corrected chi connectivity index (χ2v) is 5.83. The van der Waals surface area contributed by atoms with E-state index in [9.17, 15) is 0 Å². The summed E-state index contributed by atoms with van der Waals surface area (Å²) in [6, 6.07) is 6.34. The molecule has 3 aromatic rings. The molecule has 0 radical (unpaired) electrons. The van der Waals surface area contributed by atoms with E-state index in [1.54, 1.807) is 11.3 Å². The molecule has 1 aromatic carbocycles. The van der Waals surface area contributed by atoms with Gasteiger partial charge >= 0.3 is 0 Å². The highest BCUT2D eigenvalue weighted by Crippen LogP contribution is 2.23. The van der Waals surface area contributed by atoms with E-state index in [2.05, 4.69) is 52.4 Å². The van der Waals surface area contributed by atoms with Crippen molar-refractivity contribution in [3.63, 3.8) is 0 Å². The van der Waals surface area contributed by atoms with Crippen molar-refractivity contribution in [1.29, 1.82) is 0 Å². The van der Waals surface area contributed by atoms with Crippen LogP contribution in [-0.2, 0) is 12.4 Å². The number of hydrogen-bond acceptors (Lipinski definition) is 2. The van der Waals surface area contributed by atoms with Gasteiger partial charge in [-0.3, -0.25) is 0 Å². The molecule has 0 aliphatic rings. The molecule has 0 spiro atoms. The lowest BCUT2D eigenvalue weighted by atomic mass is 10.2. The van der Waals surface area contributed by atoms with Crippen LogP contribution in [0.1, 0.15) is 22.5 Å². The Morgan fingerprint density at radius 2 is 2.11 bits per heavy atom. The minimum absolute atomic E-state index is 0.441. The molecule has 0 bridgehead atoms. The molecule has 2 heterocycles. The van der Waals surface area contributed by atoms with E-state index in [-0.39, 0.29) is 0 Å². The minimum atomic E-state index is 0.441. The van der Waals surface area contributed by atoms with Crippen molar-refractivity contribution in [2.45, 2.75) is 26.3 Å². The summed E-state index contributed by atoms with van der Waals surface area (Å²) in [6.07, 6.45) is 0. The van der Waals surface area contributed by atoms with Gasteiger partial charge in [-0.25, -0.2) is 4.98 Å². The number of rotatable bonds is 3. The molecule has 0 fully saturated rings. The number of fused-ring (bicyclic) bond motifs is 1. The van der Waals surface area contributed by atoms with Gasteiger partial charge in [-0.2, -0.15) is 11.3 Å². The normalized spacial score (nSPS) is 11.3. The fourth-order valence-corrected chi connectivity index (χ4v) is 3.33. The monoisotopic (exact) mass is 290 g/mol. The van der Waals surface area contributed by atoms with E-state index < -0.39 is 0 Å². The fraction of sp³-hybridized carbons (Fsp3) is 0.267. The maximum absolute atomic E-state index is 6.04. The average molecular weight is 291 g/mol. The molecule has 0 atom stereocenters. The van der Waals surface area contributed by atoms with Crippen LogP contribution >= 0.6 is 22.9 Å². The van der Waals surface area contributed by atoms with Gasteiger partial charge in [-0.05, 0) is 53.4 Å². The van der Waals surface area contributed by atoms with Crippen LogP contribution in [0.15, 0.2) is 29.0 Å². The third-order valence-corrected chi connectivity index (χ3v) is 4.54. The van der Waals surface area contributed by atoms with Crippen LogP contribution in [0.25, 0.3) is 11.0 Å². The van der Waals surface area contributed by atoms with Crippen molar-refractivity contribution in [2.75, 3.05) is 0 Å². The Bertz CT molecular complexity index is 727. The van der Waals surface area contributed by atoms with Gasteiger partial charge in [0.2, 0.25) is 0 Å². The fourth-order valence-electron chi connectivity index (χ4n) is 2.28. The lowest BCUT2D eigenvalue weighted by Crippen LogP contribution is -2.04. The zero-order chi connectivity index (χ0) is 13.4. The third-order valence-electron chi connectivity index (χ3n) is 3.39. The standard InChI is InChI=1S/C15H15ClN2S/c1-10-3-4-13-14(5-10)18(15(6-16)17-13)7-12-9-19-8-11(12)2/h3-5,8-9H,6-7H2,1-2H3. The van der Waals surface area contributed by atoms with Crippen molar-refractivity contribution in [1.82, 2.24) is 9.55 Å². The summed E-state index contributed by atoms with van der Waals surface area (Å²) >= 11 is 7.79. The van der Waals surface area contributed by atoms with E-state index in [1.165, 1.54) is 22.2 Å². The smallest absolute Gasteiger partial charge is 0.125 e. The van der Waals surface area contributed by atoms with Crippen LogP contribution in [0.5, 0.6) is 0 Å². The second kappa shape index (κ2) is 4.99. The molecule has 98 valence electrons. The zero-order valence-corrected chi connectivity index (χ0v) is 12.6. The summed E-state index contributed by atoms with van der Waals surface area (Å²) in [5.41, 5.74) is 6.12. The number of benzene rings is 1. The summed E-state index contributed by atoms with van der Waals surface area (Å²) in [7, 11) is 0. The number of imidazole rings is 1. The Morgan fingerprint density at radius 1 is 1.26 bits per heavy atom. The van der Waals surface area contributed by atoms with Crippen LogP contribution in [0.3, 0.4) is 0 Å². The Labute approximate surface area is 121 Å². The highest BCUT2D eigenvalue weighted by atomic mass is 35.5. The van der Waals surface area contributed by atoms with Crippen LogP contribution in [0, 0.1) is 13.8 Å². The van der Waals surface area contributed by atoms with E-state index in [1.807, 2.05) is 0 Å². The second-order valence-electron chi connectivity index (χ2n) is 4.82. The van der Waals surface area contributed by atoms with Crippen LogP contribution in [0.2, 0.25) is 0 Å². The molecule has 0 N–H and O–H groups in total. The molecule has 0 amide bonds. The lowest BCUT2D eigenvalue weighted by Gasteiger charge is -2.08. The highest BCUT2D eigenvalue weighted by molar-refractivity contribution is 7.08. The molecule has 0 saturated heterocycles. The van der Waals surface area contributed by atoms with Gasteiger partial charge in [0.05, 0.1) is 23.5 Å². The lowest BCUT2D eigenvalue weighted by molar-refractivity contribution is 0.777. The van der Waals surface area contributed by atoms with Crippen LogP contribution < -0.4 is 0 Å². The van der Waals surface area contributed by atoms with Crippen molar-refractivity contribution in [2.24, 2.45) is 0 Å². The Morgan fingerprint density at radius 3 is 2.79 bits per heavy atom. The number of nitrogens with zero attached hydrogens (tertiary/aromatic N) is 2. The molecule has 3 rings (SSSR count). The van der Waals surface area contributed by atoms with Crippen molar-refractivity contribution < 1.29 is 0 Å². The predicted octanol–water partition coefficient (Wildman–Crippen LogP) is 4.50. The number of aromatic nitrogens is 2. The molecule has 0 aliphatic carbocycles. The Hall–Kier alpha value is -1.32. The Balaban J connectivity index is 2.15. The summed E-state index contributed by atoms with van der Waals surface area (Å²) in [6.45, 7) is 5.10. The largest absolute Gasteiger partial charge is 0.322 e. The molecule has 4 heteroatoms. The summed E-state index contributed by atoms with van der Waals surface area (Å²) < 4.78 is 2.23. The topological polar surface area (TPSA) is 17.8 Å². The maximum atomic E-state index is 6.04. The molecular formula is C15H15ClN2S. The SMILES string of the molecule is Cc1ccc2nc(CCl)n(Cc3cscc3C)c2c1. The first-order chi connectivity index (χ1) is 9.19. The summed E-state index contributed by atoms with van der Waals surface area (Å²) in [5, 5.41) is 4.38. The first-order valence-electron chi connectivity index (χ1n) is 6.22. The van der Waals surface area contributed by atoms with Gasteiger partial charge in [0.1, 0.15) is 5.82 Å². The van der Waals surface area contributed by atoms with Crippen molar-refractivity contribution in [3.8, 4) is 0 Å². The number of alkyl halides is 1. The molecule has 0 aliphatic heterocycles. The number of aryl methyl sites for hydroxylation is 2. The van der Waals surface area contributed by atoms with Crippen LogP contribution in [-0.4, -0.2) is 9.55 Å². The van der Waals surface area contributed by atoms with E-state index in [0.29, 0.717) is 5.88 Å². The van der Waals surface area contributed by atoms with E-state index in [4.69, 9.17) is 11.6 Å². The number of thiophene rings is 1. The van der Waals surface area contributed by atoms with Crippen LogP contribution in [0.4, 0.5) is 0 Å². The first-order valence-corrected chi connectivity index (χ1v) is 7.70. The van der Waals surface area contributed by atoms with Crippen molar-refractivity contribution >= 4 is 34.0 Å². The summed E-state index contributed by atoms with van der Waals surface area (Å²) in [5.74, 6) is 1.38. The third kappa shape index (κ3) is 2.28. The average Bonchev–Trinajstić information content (AvgIpc) is 2.95. The zero-order valence-electron chi connectivity index (χ0n) is 11.0. The summed E-state index contributed by atoms with van der Waals surface area (Å²) in [4.78, 5) is 4.62. The maximum Gasteiger partial charge on any atom is 0.125 e. The molecule has 19 heavy (non-hydrogen) atoms. The molecular weight excluding hydrogens is 276 g/mol. The number of halogens is 1. The van der Waals surface area contributed by atoms with Gasteiger partial charge in [0, 0.05) is 0 Å².